The molecule has 1 aromatic carbocycles. The smallest absolute Gasteiger partial charge is 0.224 e. The van der Waals surface area contributed by atoms with Gasteiger partial charge in [-0.2, -0.15) is 0 Å². The quantitative estimate of drug-likeness (QED) is 0.842. The second-order valence-corrected chi connectivity index (χ2v) is 5.74. The molecule has 24 heavy (non-hydrogen) atoms. The van der Waals surface area contributed by atoms with E-state index in [1.807, 2.05) is 45.0 Å². The molecule has 3 unspecified atom stereocenters. The van der Waals surface area contributed by atoms with Crippen LogP contribution in [0.3, 0.4) is 0 Å². The van der Waals surface area contributed by atoms with Crippen LogP contribution < -0.4 is 11.1 Å². The standard InChI is InChI=1S/C18H23N3O.2ClH/c1-12(13(2)19)18(22)21-14(3)15-4-6-16(7-5-15)17-8-10-20-11-9-17;;/h4-14H,19H2,1-3H3,(H,21,22);2*1H. The van der Waals surface area contributed by atoms with E-state index in [4.69, 9.17) is 5.73 Å². The summed E-state index contributed by atoms with van der Waals surface area (Å²) in [7, 11) is 0. The molecular formula is C18H25Cl2N3O. The highest BCUT2D eigenvalue weighted by atomic mass is 35.5. The molecule has 1 amide bonds. The summed E-state index contributed by atoms with van der Waals surface area (Å²) in [6.07, 6.45) is 3.56. The van der Waals surface area contributed by atoms with Crippen molar-refractivity contribution in [3.05, 3.63) is 54.4 Å². The number of carbonyl (C=O) groups excluding carboxylic acids is 1. The Kier molecular flexibility index (Phi) is 9.59. The van der Waals surface area contributed by atoms with Crippen molar-refractivity contribution >= 4 is 30.7 Å². The van der Waals surface area contributed by atoms with E-state index in [2.05, 4.69) is 22.4 Å². The monoisotopic (exact) mass is 369 g/mol. The summed E-state index contributed by atoms with van der Waals surface area (Å²) in [5, 5.41) is 3.01. The number of nitrogens with one attached hydrogen (secondary N) is 1. The predicted molar refractivity (Wildman–Crippen MR) is 104 cm³/mol. The normalized spacial score (nSPS) is 13.7. The van der Waals surface area contributed by atoms with Crippen molar-refractivity contribution in [3.63, 3.8) is 0 Å². The minimum Gasteiger partial charge on any atom is -0.349 e. The first-order valence-corrected chi connectivity index (χ1v) is 7.55. The molecule has 0 aliphatic carbocycles. The van der Waals surface area contributed by atoms with Gasteiger partial charge in [0.15, 0.2) is 0 Å². The molecule has 0 radical (unpaired) electrons. The first-order chi connectivity index (χ1) is 10.5. The Morgan fingerprint density at radius 2 is 1.46 bits per heavy atom. The number of halogens is 2. The Hall–Kier alpha value is -1.62. The third-order valence-electron chi connectivity index (χ3n) is 3.99. The maximum atomic E-state index is 12.1. The molecule has 2 rings (SSSR count). The largest absolute Gasteiger partial charge is 0.349 e. The second-order valence-electron chi connectivity index (χ2n) is 5.74. The van der Waals surface area contributed by atoms with Crippen molar-refractivity contribution < 1.29 is 4.79 Å². The van der Waals surface area contributed by atoms with E-state index < -0.39 is 0 Å². The summed E-state index contributed by atoms with van der Waals surface area (Å²) in [5.41, 5.74) is 9.10. The van der Waals surface area contributed by atoms with Gasteiger partial charge in [-0.15, -0.1) is 24.8 Å². The third kappa shape index (κ3) is 5.78. The summed E-state index contributed by atoms with van der Waals surface area (Å²) >= 11 is 0. The molecular weight excluding hydrogens is 345 g/mol. The summed E-state index contributed by atoms with van der Waals surface area (Å²) in [6.45, 7) is 5.67. The SMILES string of the molecule is CC(NC(=O)C(C)C(C)N)c1ccc(-c2ccncc2)cc1.Cl.Cl. The maximum absolute atomic E-state index is 12.1. The molecule has 0 spiro atoms. The molecule has 0 saturated carbocycles. The topological polar surface area (TPSA) is 68.0 Å². The van der Waals surface area contributed by atoms with Gasteiger partial charge in [0.05, 0.1) is 6.04 Å². The molecule has 3 atom stereocenters. The lowest BCUT2D eigenvalue weighted by atomic mass is 10.00. The summed E-state index contributed by atoms with van der Waals surface area (Å²) < 4.78 is 0. The number of carbonyl (C=O) groups is 1. The molecule has 0 aliphatic heterocycles. The number of nitrogens with zero attached hydrogens (tertiary/aromatic N) is 1. The van der Waals surface area contributed by atoms with Gasteiger partial charge in [-0.25, -0.2) is 0 Å². The Bertz CT molecular complexity index is 618. The van der Waals surface area contributed by atoms with E-state index in [1.165, 1.54) is 0 Å². The van der Waals surface area contributed by atoms with Crippen LogP contribution in [0.1, 0.15) is 32.4 Å². The van der Waals surface area contributed by atoms with Gasteiger partial charge in [0.25, 0.3) is 0 Å². The highest BCUT2D eigenvalue weighted by molar-refractivity contribution is 5.85. The molecule has 132 valence electrons. The number of rotatable bonds is 5. The maximum Gasteiger partial charge on any atom is 0.224 e. The fourth-order valence-corrected chi connectivity index (χ4v) is 2.18. The number of hydrogen-bond acceptors (Lipinski definition) is 3. The molecule has 1 heterocycles. The van der Waals surface area contributed by atoms with Gasteiger partial charge in [-0.1, -0.05) is 31.2 Å². The van der Waals surface area contributed by atoms with E-state index in [0.717, 1.165) is 16.7 Å². The number of benzene rings is 1. The van der Waals surface area contributed by atoms with Crippen LogP contribution in [0, 0.1) is 5.92 Å². The first kappa shape index (κ1) is 22.4. The lowest BCUT2D eigenvalue weighted by molar-refractivity contribution is -0.125. The van der Waals surface area contributed by atoms with Crippen LogP contribution in [0.2, 0.25) is 0 Å². The molecule has 1 aromatic heterocycles. The average Bonchev–Trinajstić information content (AvgIpc) is 2.54. The van der Waals surface area contributed by atoms with Crippen LogP contribution >= 0.6 is 24.8 Å². The summed E-state index contributed by atoms with van der Waals surface area (Å²) in [4.78, 5) is 16.1. The van der Waals surface area contributed by atoms with Gasteiger partial charge < -0.3 is 11.1 Å². The predicted octanol–water partition coefficient (Wildman–Crippen LogP) is 3.75. The van der Waals surface area contributed by atoms with Crippen LogP contribution in [0.5, 0.6) is 0 Å². The molecule has 0 fully saturated rings. The Morgan fingerprint density at radius 1 is 0.958 bits per heavy atom. The van der Waals surface area contributed by atoms with Gasteiger partial charge in [-0.05, 0) is 42.7 Å². The minimum atomic E-state index is -0.196. The van der Waals surface area contributed by atoms with Crippen molar-refractivity contribution in [2.45, 2.75) is 32.9 Å². The zero-order valence-electron chi connectivity index (χ0n) is 14.1. The van der Waals surface area contributed by atoms with Gasteiger partial charge in [0.2, 0.25) is 5.91 Å². The van der Waals surface area contributed by atoms with Crippen LogP contribution in [0.25, 0.3) is 11.1 Å². The van der Waals surface area contributed by atoms with Crippen LogP contribution in [0.4, 0.5) is 0 Å². The average molecular weight is 370 g/mol. The second kappa shape index (κ2) is 10.3. The third-order valence-corrected chi connectivity index (χ3v) is 3.99. The zero-order chi connectivity index (χ0) is 16.1. The van der Waals surface area contributed by atoms with Gasteiger partial charge >= 0.3 is 0 Å². The lowest BCUT2D eigenvalue weighted by Gasteiger charge is -2.20. The van der Waals surface area contributed by atoms with Crippen LogP contribution in [-0.2, 0) is 4.79 Å². The highest BCUT2D eigenvalue weighted by Crippen LogP contribution is 2.21. The fraction of sp³-hybridized carbons (Fsp3) is 0.333. The van der Waals surface area contributed by atoms with Crippen LogP contribution in [0.15, 0.2) is 48.8 Å². The molecule has 6 heteroatoms. The molecule has 2 aromatic rings. The Morgan fingerprint density at radius 3 is 1.96 bits per heavy atom. The Labute approximate surface area is 156 Å². The molecule has 0 aliphatic rings. The molecule has 4 nitrogen and oxygen atoms in total. The van der Waals surface area contributed by atoms with Crippen molar-refractivity contribution in [2.24, 2.45) is 11.7 Å². The Balaban J connectivity index is 0.00000264. The van der Waals surface area contributed by atoms with E-state index in [9.17, 15) is 4.79 Å². The minimum absolute atomic E-state index is 0. The van der Waals surface area contributed by atoms with Gasteiger partial charge in [-0.3, -0.25) is 9.78 Å². The van der Waals surface area contributed by atoms with Crippen LogP contribution in [-0.4, -0.2) is 16.9 Å². The number of hydrogen-bond donors (Lipinski definition) is 2. The molecule has 3 N–H and O–H groups in total. The summed E-state index contributed by atoms with van der Waals surface area (Å²) in [6, 6.07) is 12.0. The van der Waals surface area contributed by atoms with E-state index in [0.29, 0.717) is 0 Å². The van der Waals surface area contributed by atoms with Gasteiger partial charge in [0, 0.05) is 24.4 Å². The van der Waals surface area contributed by atoms with E-state index in [-0.39, 0.29) is 48.7 Å². The van der Waals surface area contributed by atoms with Crippen molar-refractivity contribution in [1.29, 1.82) is 0 Å². The zero-order valence-corrected chi connectivity index (χ0v) is 15.7. The van der Waals surface area contributed by atoms with Crippen molar-refractivity contribution in [1.82, 2.24) is 10.3 Å². The van der Waals surface area contributed by atoms with Crippen molar-refractivity contribution in [3.8, 4) is 11.1 Å². The van der Waals surface area contributed by atoms with Crippen molar-refractivity contribution in [2.75, 3.05) is 0 Å². The number of nitrogens with two attached hydrogens (primary N) is 1. The summed E-state index contributed by atoms with van der Waals surface area (Å²) in [5.74, 6) is -0.209. The molecule has 0 bridgehead atoms. The number of aromatic nitrogens is 1. The highest BCUT2D eigenvalue weighted by Gasteiger charge is 2.19. The van der Waals surface area contributed by atoms with E-state index in [1.54, 1.807) is 12.4 Å². The fourth-order valence-electron chi connectivity index (χ4n) is 2.18. The first-order valence-electron chi connectivity index (χ1n) is 7.55. The lowest BCUT2D eigenvalue weighted by Crippen LogP contribution is -2.39. The van der Waals surface area contributed by atoms with Gasteiger partial charge in [0.1, 0.15) is 0 Å². The number of amides is 1. The molecule has 0 saturated heterocycles. The van der Waals surface area contributed by atoms with E-state index >= 15 is 0 Å². The number of pyridine rings is 1.